The molecule has 0 saturated heterocycles. The molecule has 0 aliphatic rings. The average molecular weight is 387 g/mol. The first-order valence-corrected chi connectivity index (χ1v) is 10.3. The number of rotatable bonds is 6. The van der Waals surface area contributed by atoms with Gasteiger partial charge in [-0.25, -0.2) is 9.37 Å². The highest BCUT2D eigenvalue weighted by molar-refractivity contribution is 5.76. The zero-order valence-corrected chi connectivity index (χ0v) is 17.3. The van der Waals surface area contributed by atoms with Crippen molar-refractivity contribution in [2.45, 2.75) is 39.7 Å². The number of halogens is 1. The minimum Gasteiger partial charge on any atom is -0.323 e. The van der Waals surface area contributed by atoms with Gasteiger partial charge in [-0.1, -0.05) is 69.3 Å². The number of benzene rings is 3. The van der Waals surface area contributed by atoms with Crippen LogP contribution in [0.15, 0.2) is 72.8 Å². The van der Waals surface area contributed by atoms with E-state index in [0.29, 0.717) is 12.5 Å². The Morgan fingerprint density at radius 3 is 2.17 bits per heavy atom. The van der Waals surface area contributed by atoms with Gasteiger partial charge >= 0.3 is 0 Å². The van der Waals surface area contributed by atoms with Gasteiger partial charge in [-0.05, 0) is 53.3 Å². The number of hydrogen-bond donors (Lipinski definition) is 0. The minimum absolute atomic E-state index is 0.163. The van der Waals surface area contributed by atoms with E-state index in [9.17, 15) is 4.39 Å². The van der Waals surface area contributed by atoms with E-state index in [2.05, 4.69) is 61.7 Å². The van der Waals surface area contributed by atoms with Crippen molar-refractivity contribution >= 4 is 11.0 Å². The third kappa shape index (κ3) is 4.24. The van der Waals surface area contributed by atoms with Crippen molar-refractivity contribution in [2.24, 2.45) is 5.92 Å². The van der Waals surface area contributed by atoms with Gasteiger partial charge in [0.25, 0.3) is 0 Å². The van der Waals surface area contributed by atoms with Crippen molar-refractivity contribution < 1.29 is 4.39 Å². The second-order valence-electron chi connectivity index (χ2n) is 8.23. The van der Waals surface area contributed by atoms with Crippen LogP contribution in [0.5, 0.6) is 0 Å². The van der Waals surface area contributed by atoms with Crippen LogP contribution in [0.4, 0.5) is 4.39 Å². The predicted molar refractivity (Wildman–Crippen MR) is 118 cm³/mol. The molecule has 1 heterocycles. The maximum atomic E-state index is 13.3. The second-order valence-corrected chi connectivity index (χ2v) is 8.23. The van der Waals surface area contributed by atoms with Gasteiger partial charge in [0.2, 0.25) is 0 Å². The van der Waals surface area contributed by atoms with E-state index in [1.54, 1.807) is 0 Å². The zero-order chi connectivity index (χ0) is 20.4. The highest BCUT2D eigenvalue weighted by Crippen LogP contribution is 2.28. The van der Waals surface area contributed by atoms with Gasteiger partial charge in [-0.2, -0.15) is 0 Å². The van der Waals surface area contributed by atoms with Gasteiger partial charge in [0.15, 0.2) is 0 Å². The van der Waals surface area contributed by atoms with Crippen LogP contribution in [0.2, 0.25) is 0 Å². The first-order valence-electron chi connectivity index (χ1n) is 10.3. The number of aromatic nitrogens is 2. The van der Waals surface area contributed by atoms with Gasteiger partial charge in [0, 0.05) is 12.5 Å². The maximum Gasteiger partial charge on any atom is 0.123 e. The Morgan fingerprint density at radius 2 is 1.48 bits per heavy atom. The lowest BCUT2D eigenvalue weighted by Crippen LogP contribution is -2.09. The Morgan fingerprint density at radius 1 is 0.828 bits per heavy atom. The third-order valence-corrected chi connectivity index (χ3v) is 5.45. The summed E-state index contributed by atoms with van der Waals surface area (Å²) in [6.45, 7) is 7.37. The number of para-hydroxylation sites is 2. The standard InChI is InChI=1S/C26H27FN2/c1-18(2)16-20-8-12-22(13-9-20)19(3)26-28-24-6-4-5-7-25(24)29(26)17-21-10-14-23(27)15-11-21/h4-15,18-19H,16-17H2,1-3H3/t19-/m0/s1. The van der Waals surface area contributed by atoms with Crippen LogP contribution in [0.1, 0.15) is 49.2 Å². The summed E-state index contributed by atoms with van der Waals surface area (Å²) in [7, 11) is 0. The summed E-state index contributed by atoms with van der Waals surface area (Å²) in [4.78, 5) is 4.96. The van der Waals surface area contributed by atoms with Gasteiger partial charge < -0.3 is 4.57 Å². The molecule has 3 aromatic carbocycles. The van der Waals surface area contributed by atoms with Crippen molar-refractivity contribution in [1.29, 1.82) is 0 Å². The molecule has 4 aromatic rings. The predicted octanol–water partition coefficient (Wildman–Crippen LogP) is 6.57. The number of fused-ring (bicyclic) bond motifs is 1. The molecule has 4 rings (SSSR count). The summed E-state index contributed by atoms with van der Waals surface area (Å²) in [6, 6.07) is 23.9. The monoisotopic (exact) mass is 386 g/mol. The molecule has 29 heavy (non-hydrogen) atoms. The lowest BCUT2D eigenvalue weighted by Gasteiger charge is -2.16. The molecular formula is C26H27FN2. The molecule has 0 bridgehead atoms. The van der Waals surface area contributed by atoms with Crippen LogP contribution in [-0.4, -0.2) is 9.55 Å². The molecule has 0 N–H and O–H groups in total. The molecule has 3 heteroatoms. The molecule has 0 spiro atoms. The van der Waals surface area contributed by atoms with Crippen LogP contribution in [0.25, 0.3) is 11.0 Å². The molecule has 0 fully saturated rings. The smallest absolute Gasteiger partial charge is 0.123 e. The van der Waals surface area contributed by atoms with E-state index < -0.39 is 0 Å². The summed E-state index contributed by atoms with van der Waals surface area (Å²) >= 11 is 0. The molecule has 0 radical (unpaired) electrons. The largest absolute Gasteiger partial charge is 0.323 e. The van der Waals surface area contributed by atoms with E-state index >= 15 is 0 Å². The van der Waals surface area contributed by atoms with Gasteiger partial charge in [0.05, 0.1) is 11.0 Å². The molecular weight excluding hydrogens is 359 g/mol. The zero-order valence-electron chi connectivity index (χ0n) is 17.3. The quantitative estimate of drug-likeness (QED) is 0.366. The number of imidazole rings is 1. The SMILES string of the molecule is CC(C)Cc1ccc([C@H](C)c2nc3ccccc3n2Cc2ccc(F)cc2)cc1. The van der Waals surface area contributed by atoms with Crippen LogP contribution in [-0.2, 0) is 13.0 Å². The van der Waals surface area contributed by atoms with Crippen LogP contribution < -0.4 is 0 Å². The Hall–Kier alpha value is -2.94. The minimum atomic E-state index is -0.209. The molecule has 1 atom stereocenters. The fourth-order valence-electron chi connectivity index (χ4n) is 3.93. The van der Waals surface area contributed by atoms with Crippen LogP contribution >= 0.6 is 0 Å². The topological polar surface area (TPSA) is 17.8 Å². The van der Waals surface area contributed by atoms with Gasteiger partial charge in [-0.3, -0.25) is 0 Å². The second kappa shape index (κ2) is 8.20. The summed E-state index contributed by atoms with van der Waals surface area (Å²) < 4.78 is 15.6. The van der Waals surface area contributed by atoms with Crippen molar-refractivity contribution in [3.05, 3.63) is 101 Å². The summed E-state index contributed by atoms with van der Waals surface area (Å²) in [5, 5.41) is 0. The molecule has 0 amide bonds. The van der Waals surface area contributed by atoms with Gasteiger partial charge in [0.1, 0.15) is 11.6 Å². The Labute approximate surface area is 172 Å². The summed E-state index contributed by atoms with van der Waals surface area (Å²) in [6.07, 6.45) is 1.09. The highest BCUT2D eigenvalue weighted by Gasteiger charge is 2.18. The lowest BCUT2D eigenvalue weighted by molar-refractivity contribution is 0.625. The lowest BCUT2D eigenvalue weighted by atomic mass is 9.96. The fraction of sp³-hybridized carbons (Fsp3) is 0.269. The Bertz CT molecular complexity index is 1090. The van der Waals surface area contributed by atoms with Crippen molar-refractivity contribution in [1.82, 2.24) is 9.55 Å². The van der Waals surface area contributed by atoms with Crippen LogP contribution in [0.3, 0.4) is 0 Å². The normalized spacial score (nSPS) is 12.6. The highest BCUT2D eigenvalue weighted by atomic mass is 19.1. The third-order valence-electron chi connectivity index (χ3n) is 5.45. The van der Waals surface area contributed by atoms with E-state index in [-0.39, 0.29) is 11.7 Å². The molecule has 148 valence electrons. The summed E-state index contributed by atoms with van der Waals surface area (Å²) in [5.41, 5.74) is 5.79. The Balaban J connectivity index is 1.71. The molecule has 0 aliphatic carbocycles. The van der Waals surface area contributed by atoms with E-state index in [1.807, 2.05) is 24.3 Å². The molecule has 2 nitrogen and oxygen atoms in total. The fourth-order valence-corrected chi connectivity index (χ4v) is 3.93. The van der Waals surface area contributed by atoms with Gasteiger partial charge in [-0.15, -0.1) is 0 Å². The number of hydrogen-bond acceptors (Lipinski definition) is 1. The molecule has 0 aliphatic heterocycles. The van der Waals surface area contributed by atoms with Crippen molar-refractivity contribution in [2.75, 3.05) is 0 Å². The average Bonchev–Trinajstić information content (AvgIpc) is 3.08. The van der Waals surface area contributed by atoms with Crippen molar-refractivity contribution in [3.63, 3.8) is 0 Å². The van der Waals surface area contributed by atoms with E-state index in [4.69, 9.17) is 4.98 Å². The molecule has 0 saturated carbocycles. The summed E-state index contributed by atoms with van der Waals surface area (Å²) in [5.74, 6) is 1.64. The number of nitrogens with zero attached hydrogens (tertiary/aromatic N) is 2. The molecule has 1 aromatic heterocycles. The van der Waals surface area contributed by atoms with Crippen LogP contribution in [0, 0.1) is 11.7 Å². The van der Waals surface area contributed by atoms with E-state index in [0.717, 1.165) is 28.8 Å². The maximum absolute atomic E-state index is 13.3. The Kier molecular flexibility index (Phi) is 5.48. The van der Waals surface area contributed by atoms with Crippen molar-refractivity contribution in [3.8, 4) is 0 Å². The van der Waals surface area contributed by atoms with E-state index in [1.165, 1.54) is 23.3 Å². The first-order chi connectivity index (χ1) is 14.0. The first kappa shape index (κ1) is 19.4. The molecule has 0 unspecified atom stereocenters.